The van der Waals surface area contributed by atoms with Gasteiger partial charge < -0.3 is 5.11 Å². The molecule has 2 N–H and O–H groups in total. The fourth-order valence-corrected chi connectivity index (χ4v) is 4.58. The molecular formula is C22H16Br3FN2O. The van der Waals surface area contributed by atoms with Crippen LogP contribution in [0.2, 0.25) is 0 Å². The molecule has 3 aromatic carbocycles. The van der Waals surface area contributed by atoms with E-state index < -0.39 is 0 Å². The highest BCUT2D eigenvalue weighted by Crippen LogP contribution is 2.36. The van der Waals surface area contributed by atoms with Gasteiger partial charge in [0.15, 0.2) is 0 Å². The Morgan fingerprint density at radius 2 is 1.76 bits per heavy atom. The predicted molar refractivity (Wildman–Crippen MR) is 124 cm³/mol. The Hall–Kier alpha value is -1.54. The summed E-state index contributed by atoms with van der Waals surface area (Å²) in [6.07, 6.45) is 0.234. The van der Waals surface area contributed by atoms with Crippen LogP contribution in [0.4, 0.5) is 4.39 Å². The van der Waals surface area contributed by atoms with Crippen molar-refractivity contribution in [1.29, 1.82) is 0 Å². The molecule has 2 unspecified atom stereocenters. The molecular weight excluding hydrogens is 567 g/mol. The molecule has 0 saturated carbocycles. The number of aliphatic imine (C=N–C) groups is 1. The van der Waals surface area contributed by atoms with Gasteiger partial charge in [-0.1, -0.05) is 50.1 Å². The molecule has 0 amide bonds. The molecule has 1 aliphatic rings. The average Bonchev–Trinajstić information content (AvgIpc) is 2.71. The summed E-state index contributed by atoms with van der Waals surface area (Å²) in [6.45, 7) is 0. The first-order chi connectivity index (χ1) is 13.9. The summed E-state index contributed by atoms with van der Waals surface area (Å²) in [5.41, 5.74) is 3.55. The Morgan fingerprint density at radius 3 is 2.52 bits per heavy atom. The Labute approximate surface area is 193 Å². The smallest absolute Gasteiger partial charge is 0.137 e. The normalized spacial score (nSPS) is 19.1. The number of nitrogens with zero attached hydrogens (tertiary/aromatic N) is 1. The van der Waals surface area contributed by atoms with Crippen molar-refractivity contribution in [1.82, 2.24) is 5.32 Å². The van der Waals surface area contributed by atoms with Gasteiger partial charge in [0.2, 0.25) is 0 Å². The third-order valence-corrected chi connectivity index (χ3v) is 6.42. The van der Waals surface area contributed by atoms with E-state index in [-0.39, 0.29) is 23.8 Å². The van der Waals surface area contributed by atoms with Crippen LogP contribution in [-0.2, 0) is 0 Å². The van der Waals surface area contributed by atoms with Crippen molar-refractivity contribution in [2.75, 3.05) is 0 Å². The third-order valence-electron chi connectivity index (χ3n) is 4.82. The van der Waals surface area contributed by atoms with E-state index in [0.717, 1.165) is 31.3 Å². The van der Waals surface area contributed by atoms with Crippen LogP contribution in [0, 0.1) is 5.82 Å². The van der Waals surface area contributed by atoms with Gasteiger partial charge in [0.05, 0.1) is 4.47 Å². The molecule has 0 aliphatic carbocycles. The fraction of sp³-hybridized carbons (Fsp3) is 0.136. The first-order valence-corrected chi connectivity index (χ1v) is 11.3. The van der Waals surface area contributed by atoms with E-state index in [1.165, 1.54) is 6.07 Å². The molecule has 0 aromatic heterocycles. The highest BCUT2D eigenvalue weighted by molar-refractivity contribution is 9.11. The summed E-state index contributed by atoms with van der Waals surface area (Å²) < 4.78 is 16.0. The highest BCUT2D eigenvalue weighted by Gasteiger charge is 2.28. The summed E-state index contributed by atoms with van der Waals surface area (Å²) in [5.74, 6) is -0.0952. The van der Waals surface area contributed by atoms with E-state index in [4.69, 9.17) is 4.99 Å². The maximum atomic E-state index is 13.7. The maximum Gasteiger partial charge on any atom is 0.137 e. The number of hydrogen-bond donors (Lipinski definition) is 2. The van der Waals surface area contributed by atoms with Crippen molar-refractivity contribution in [2.24, 2.45) is 4.99 Å². The molecule has 0 saturated heterocycles. The van der Waals surface area contributed by atoms with Gasteiger partial charge in [0, 0.05) is 32.7 Å². The maximum absolute atomic E-state index is 13.7. The lowest BCUT2D eigenvalue weighted by Gasteiger charge is -2.31. The van der Waals surface area contributed by atoms with Crippen LogP contribution in [-0.4, -0.2) is 10.8 Å². The molecule has 3 nitrogen and oxygen atoms in total. The minimum absolute atomic E-state index is 0.159. The zero-order valence-electron chi connectivity index (χ0n) is 15.0. The minimum Gasteiger partial charge on any atom is -0.508 e. The largest absolute Gasteiger partial charge is 0.508 e. The third kappa shape index (κ3) is 4.63. The SMILES string of the molecule is Oc1ccc(Br)cc1C1CC(c2cccc(Br)c2)=NC(c2ccc(F)c(Br)c2)N1. The van der Waals surface area contributed by atoms with Gasteiger partial charge >= 0.3 is 0 Å². The second kappa shape index (κ2) is 8.68. The molecule has 29 heavy (non-hydrogen) atoms. The van der Waals surface area contributed by atoms with Gasteiger partial charge in [-0.2, -0.15) is 0 Å². The van der Waals surface area contributed by atoms with Gasteiger partial charge in [-0.25, -0.2) is 4.39 Å². The zero-order chi connectivity index (χ0) is 20.5. The average molecular weight is 583 g/mol. The summed E-state index contributed by atoms with van der Waals surface area (Å²) in [5, 5.41) is 14.0. The van der Waals surface area contributed by atoms with E-state index in [2.05, 4.69) is 53.1 Å². The van der Waals surface area contributed by atoms with Crippen LogP contribution in [0.3, 0.4) is 0 Å². The first kappa shape index (κ1) is 20.7. The van der Waals surface area contributed by atoms with Crippen LogP contribution in [0.25, 0.3) is 0 Å². The van der Waals surface area contributed by atoms with Crippen LogP contribution in [0.15, 0.2) is 79.1 Å². The molecule has 1 heterocycles. The van der Waals surface area contributed by atoms with Crippen molar-refractivity contribution >= 4 is 53.5 Å². The number of nitrogens with one attached hydrogen (secondary N) is 1. The Morgan fingerprint density at radius 1 is 0.966 bits per heavy atom. The molecule has 0 fully saturated rings. The minimum atomic E-state index is -0.377. The highest BCUT2D eigenvalue weighted by atomic mass is 79.9. The van der Waals surface area contributed by atoms with E-state index >= 15 is 0 Å². The first-order valence-electron chi connectivity index (χ1n) is 8.93. The van der Waals surface area contributed by atoms with Crippen LogP contribution >= 0.6 is 47.8 Å². The number of phenolic OH excluding ortho intramolecular Hbond substituents is 1. The summed E-state index contributed by atoms with van der Waals surface area (Å²) in [7, 11) is 0. The van der Waals surface area contributed by atoms with Crippen LogP contribution in [0.5, 0.6) is 5.75 Å². The van der Waals surface area contributed by atoms with Crippen molar-refractivity contribution in [3.63, 3.8) is 0 Å². The summed E-state index contributed by atoms with van der Waals surface area (Å²) in [4.78, 5) is 4.91. The lowest BCUT2D eigenvalue weighted by atomic mass is 9.93. The molecule has 4 rings (SSSR count). The van der Waals surface area contributed by atoms with Crippen molar-refractivity contribution in [2.45, 2.75) is 18.6 Å². The van der Waals surface area contributed by atoms with Crippen molar-refractivity contribution < 1.29 is 9.50 Å². The van der Waals surface area contributed by atoms with Gasteiger partial charge in [-0.05, 0) is 69.5 Å². The fourth-order valence-electron chi connectivity index (χ4n) is 3.41. The Kier molecular flexibility index (Phi) is 6.20. The van der Waals surface area contributed by atoms with E-state index in [9.17, 15) is 9.50 Å². The number of phenols is 1. The second-order valence-corrected chi connectivity index (χ2v) is 9.47. The van der Waals surface area contributed by atoms with E-state index in [1.807, 2.05) is 30.3 Å². The predicted octanol–water partition coefficient (Wildman–Crippen LogP) is 7.04. The molecule has 0 bridgehead atoms. The van der Waals surface area contributed by atoms with Gasteiger partial charge in [-0.3, -0.25) is 10.3 Å². The standard InChI is InChI=1S/C22H16Br3FN2O/c23-14-3-1-2-12(8-14)19-11-20(16-10-15(24)5-7-21(16)29)28-22(27-19)13-4-6-18(26)17(25)9-13/h1-10,20,22,28-29H,11H2. The van der Waals surface area contributed by atoms with Crippen LogP contribution < -0.4 is 5.32 Å². The zero-order valence-corrected chi connectivity index (χ0v) is 19.8. The number of aromatic hydroxyl groups is 1. The van der Waals surface area contributed by atoms with E-state index in [1.54, 1.807) is 24.3 Å². The number of rotatable bonds is 3. The molecule has 3 aromatic rings. The second-order valence-electron chi connectivity index (χ2n) is 6.79. The van der Waals surface area contributed by atoms with E-state index in [0.29, 0.717) is 10.9 Å². The molecule has 7 heteroatoms. The van der Waals surface area contributed by atoms with Crippen molar-refractivity contribution in [3.8, 4) is 5.75 Å². The summed E-state index contributed by atoms with van der Waals surface area (Å²) in [6, 6.07) is 18.1. The molecule has 148 valence electrons. The Bertz CT molecular complexity index is 1100. The van der Waals surface area contributed by atoms with Gasteiger partial charge in [0.25, 0.3) is 0 Å². The van der Waals surface area contributed by atoms with Crippen molar-refractivity contribution in [3.05, 3.63) is 96.6 Å². The Balaban J connectivity index is 1.79. The van der Waals surface area contributed by atoms with Gasteiger partial charge in [0.1, 0.15) is 17.7 Å². The molecule has 0 radical (unpaired) electrons. The molecule has 2 atom stereocenters. The molecule has 0 spiro atoms. The lowest BCUT2D eigenvalue weighted by Crippen LogP contribution is -2.33. The number of benzene rings is 3. The number of halogens is 4. The monoisotopic (exact) mass is 580 g/mol. The lowest BCUT2D eigenvalue weighted by molar-refractivity contribution is 0.412. The van der Waals surface area contributed by atoms with Crippen LogP contribution in [0.1, 0.15) is 35.3 Å². The number of hydrogen-bond acceptors (Lipinski definition) is 3. The topological polar surface area (TPSA) is 44.6 Å². The molecule has 1 aliphatic heterocycles. The quantitative estimate of drug-likeness (QED) is 0.348. The van der Waals surface area contributed by atoms with Gasteiger partial charge in [-0.15, -0.1) is 0 Å². The summed E-state index contributed by atoms with van der Waals surface area (Å²) >= 11 is 10.3.